The lowest BCUT2D eigenvalue weighted by Gasteiger charge is -2.18. The Labute approximate surface area is 134 Å². The van der Waals surface area contributed by atoms with Crippen molar-refractivity contribution in [2.75, 3.05) is 0 Å². The Morgan fingerprint density at radius 2 is 1.35 bits per heavy atom. The Kier molecular flexibility index (Phi) is 10.1. The standard InChI is InChI=1S/C14H24N2O7/c1-2-3-4-5-6-9(12(19)20)15-14(23)16-10(13(21)22)7-8-11(17)18/h9-10H,2-8H2,1H3,(H,17,18)(H,19,20)(H,21,22)(H2,15,16,23). The van der Waals surface area contributed by atoms with Gasteiger partial charge in [0, 0.05) is 6.42 Å². The molecule has 2 atom stereocenters. The van der Waals surface area contributed by atoms with Crippen LogP contribution in [0.1, 0.15) is 51.9 Å². The smallest absolute Gasteiger partial charge is 0.326 e. The van der Waals surface area contributed by atoms with E-state index in [-0.39, 0.29) is 12.8 Å². The third kappa shape index (κ3) is 10.1. The molecule has 0 rings (SSSR count). The largest absolute Gasteiger partial charge is 0.481 e. The van der Waals surface area contributed by atoms with E-state index >= 15 is 0 Å². The van der Waals surface area contributed by atoms with Gasteiger partial charge in [0.1, 0.15) is 12.1 Å². The molecule has 0 heterocycles. The number of nitrogens with one attached hydrogen (secondary N) is 2. The number of carbonyl (C=O) groups is 4. The number of carboxylic acids is 3. The molecular formula is C14H24N2O7. The van der Waals surface area contributed by atoms with Crippen LogP contribution in [0.15, 0.2) is 0 Å². The molecule has 0 aliphatic carbocycles. The molecule has 5 N–H and O–H groups in total. The van der Waals surface area contributed by atoms with Crippen molar-refractivity contribution in [3.05, 3.63) is 0 Å². The van der Waals surface area contributed by atoms with Crippen molar-refractivity contribution < 1.29 is 34.5 Å². The molecule has 0 aromatic rings. The fraction of sp³-hybridized carbons (Fsp3) is 0.714. The number of urea groups is 1. The van der Waals surface area contributed by atoms with Crippen LogP contribution in [0.25, 0.3) is 0 Å². The Hall–Kier alpha value is -2.32. The first-order chi connectivity index (χ1) is 10.8. The van der Waals surface area contributed by atoms with Gasteiger partial charge < -0.3 is 26.0 Å². The fourth-order valence-electron chi connectivity index (χ4n) is 1.92. The Bertz CT molecular complexity index is 425. The van der Waals surface area contributed by atoms with Crippen LogP contribution in [0.2, 0.25) is 0 Å². The van der Waals surface area contributed by atoms with E-state index in [1.807, 2.05) is 6.92 Å². The summed E-state index contributed by atoms with van der Waals surface area (Å²) in [6, 6.07) is -3.44. The molecule has 0 radical (unpaired) electrons. The Balaban J connectivity index is 4.44. The highest BCUT2D eigenvalue weighted by molar-refractivity contribution is 5.86. The van der Waals surface area contributed by atoms with E-state index < -0.39 is 42.4 Å². The van der Waals surface area contributed by atoms with Crippen LogP contribution in [0.5, 0.6) is 0 Å². The molecule has 0 spiro atoms. The molecule has 0 aliphatic rings. The van der Waals surface area contributed by atoms with Crippen LogP contribution in [0.3, 0.4) is 0 Å². The van der Waals surface area contributed by atoms with Crippen molar-refractivity contribution >= 4 is 23.9 Å². The predicted molar refractivity (Wildman–Crippen MR) is 80.1 cm³/mol. The number of unbranched alkanes of at least 4 members (excludes halogenated alkanes) is 3. The molecule has 0 aromatic carbocycles. The summed E-state index contributed by atoms with van der Waals surface area (Å²) in [5.41, 5.74) is 0. The van der Waals surface area contributed by atoms with Crippen molar-refractivity contribution in [1.29, 1.82) is 0 Å². The highest BCUT2D eigenvalue weighted by Gasteiger charge is 2.24. The molecular weight excluding hydrogens is 308 g/mol. The minimum Gasteiger partial charge on any atom is -0.481 e. The van der Waals surface area contributed by atoms with E-state index in [1.165, 1.54) is 0 Å². The van der Waals surface area contributed by atoms with Crippen LogP contribution in [0.4, 0.5) is 4.79 Å². The van der Waals surface area contributed by atoms with Crippen LogP contribution in [0, 0.1) is 0 Å². The summed E-state index contributed by atoms with van der Waals surface area (Å²) >= 11 is 0. The molecule has 132 valence electrons. The molecule has 2 unspecified atom stereocenters. The maximum absolute atomic E-state index is 11.7. The van der Waals surface area contributed by atoms with Gasteiger partial charge in [-0.1, -0.05) is 32.6 Å². The second-order valence-corrected chi connectivity index (χ2v) is 5.18. The van der Waals surface area contributed by atoms with Gasteiger partial charge in [-0.05, 0) is 12.8 Å². The van der Waals surface area contributed by atoms with Crippen molar-refractivity contribution in [3.63, 3.8) is 0 Å². The minimum absolute atomic E-state index is 0.246. The topological polar surface area (TPSA) is 153 Å². The van der Waals surface area contributed by atoms with Crippen LogP contribution < -0.4 is 10.6 Å². The molecule has 9 heteroatoms. The van der Waals surface area contributed by atoms with E-state index in [9.17, 15) is 19.2 Å². The first-order valence-corrected chi connectivity index (χ1v) is 7.52. The van der Waals surface area contributed by atoms with Gasteiger partial charge in [-0.2, -0.15) is 0 Å². The second kappa shape index (κ2) is 11.3. The third-order valence-electron chi connectivity index (χ3n) is 3.20. The monoisotopic (exact) mass is 332 g/mol. The number of amides is 2. The maximum Gasteiger partial charge on any atom is 0.326 e. The first-order valence-electron chi connectivity index (χ1n) is 7.52. The van der Waals surface area contributed by atoms with Gasteiger partial charge in [0.15, 0.2) is 0 Å². The van der Waals surface area contributed by atoms with Crippen molar-refractivity contribution in [2.24, 2.45) is 0 Å². The summed E-state index contributed by atoms with van der Waals surface area (Å²) in [6.45, 7) is 2.02. The van der Waals surface area contributed by atoms with Gasteiger partial charge in [-0.25, -0.2) is 14.4 Å². The zero-order valence-corrected chi connectivity index (χ0v) is 13.1. The highest BCUT2D eigenvalue weighted by atomic mass is 16.4. The SMILES string of the molecule is CCCCCCC(NC(=O)NC(CCC(=O)O)C(=O)O)C(=O)O. The average molecular weight is 332 g/mol. The van der Waals surface area contributed by atoms with Gasteiger partial charge >= 0.3 is 23.9 Å². The van der Waals surface area contributed by atoms with Crippen LogP contribution in [-0.2, 0) is 14.4 Å². The molecule has 0 aliphatic heterocycles. The second-order valence-electron chi connectivity index (χ2n) is 5.18. The normalized spacial score (nSPS) is 12.9. The zero-order valence-electron chi connectivity index (χ0n) is 13.1. The van der Waals surface area contributed by atoms with E-state index in [2.05, 4.69) is 10.6 Å². The van der Waals surface area contributed by atoms with Gasteiger partial charge in [-0.3, -0.25) is 4.79 Å². The van der Waals surface area contributed by atoms with Crippen LogP contribution in [-0.4, -0.2) is 51.3 Å². The molecule has 0 saturated carbocycles. The van der Waals surface area contributed by atoms with E-state index in [0.29, 0.717) is 6.42 Å². The Morgan fingerprint density at radius 3 is 1.78 bits per heavy atom. The highest BCUT2D eigenvalue weighted by Crippen LogP contribution is 2.06. The number of rotatable bonds is 12. The lowest BCUT2D eigenvalue weighted by Crippen LogP contribution is -2.51. The molecule has 0 aromatic heterocycles. The van der Waals surface area contributed by atoms with Gasteiger partial charge in [0.05, 0.1) is 0 Å². The quantitative estimate of drug-likeness (QED) is 0.334. The molecule has 2 amide bonds. The first kappa shape index (κ1) is 20.7. The maximum atomic E-state index is 11.7. The number of hydrogen-bond acceptors (Lipinski definition) is 4. The fourth-order valence-corrected chi connectivity index (χ4v) is 1.92. The molecule has 0 saturated heterocycles. The lowest BCUT2D eigenvalue weighted by molar-refractivity contribution is -0.140. The number of carbonyl (C=O) groups excluding carboxylic acids is 1. The average Bonchev–Trinajstić information content (AvgIpc) is 2.45. The molecule has 23 heavy (non-hydrogen) atoms. The third-order valence-corrected chi connectivity index (χ3v) is 3.20. The van der Waals surface area contributed by atoms with E-state index in [4.69, 9.17) is 15.3 Å². The van der Waals surface area contributed by atoms with E-state index in [1.54, 1.807) is 0 Å². The summed E-state index contributed by atoms with van der Waals surface area (Å²) in [5.74, 6) is -3.76. The predicted octanol–water partition coefficient (Wildman–Crippen LogP) is 1.03. The summed E-state index contributed by atoms with van der Waals surface area (Å²) in [6.07, 6.45) is 2.98. The van der Waals surface area contributed by atoms with Crippen molar-refractivity contribution in [3.8, 4) is 0 Å². The number of aliphatic carboxylic acids is 3. The summed E-state index contributed by atoms with van der Waals surface area (Å²) in [5, 5.41) is 30.8. The summed E-state index contributed by atoms with van der Waals surface area (Å²) in [7, 11) is 0. The number of carboxylic acid groups (broad SMARTS) is 3. The minimum atomic E-state index is -1.39. The summed E-state index contributed by atoms with van der Waals surface area (Å²) < 4.78 is 0. The molecule has 0 fully saturated rings. The van der Waals surface area contributed by atoms with Crippen LogP contribution >= 0.6 is 0 Å². The summed E-state index contributed by atoms with van der Waals surface area (Å²) in [4.78, 5) is 44.2. The lowest BCUT2D eigenvalue weighted by atomic mass is 10.1. The van der Waals surface area contributed by atoms with Gasteiger partial charge in [-0.15, -0.1) is 0 Å². The number of hydrogen-bond donors (Lipinski definition) is 5. The van der Waals surface area contributed by atoms with Crippen molar-refractivity contribution in [1.82, 2.24) is 10.6 Å². The Morgan fingerprint density at radius 1 is 0.826 bits per heavy atom. The van der Waals surface area contributed by atoms with Gasteiger partial charge in [0.25, 0.3) is 0 Å². The van der Waals surface area contributed by atoms with Gasteiger partial charge in [0.2, 0.25) is 0 Å². The molecule has 9 nitrogen and oxygen atoms in total. The zero-order chi connectivity index (χ0) is 17.8. The van der Waals surface area contributed by atoms with E-state index in [0.717, 1.165) is 19.3 Å². The molecule has 0 bridgehead atoms. The van der Waals surface area contributed by atoms with Crippen molar-refractivity contribution in [2.45, 2.75) is 64.0 Å².